The topological polar surface area (TPSA) is 153 Å². The number of carbonyl (C=O) groups is 1. The fraction of sp³-hybridized carbons (Fsp3) is 0.0952. The lowest BCUT2D eigenvalue weighted by Crippen LogP contribution is -2.28. The molecule has 0 radical (unpaired) electrons. The number of hydrogen-bond donors (Lipinski definition) is 2. The van der Waals surface area contributed by atoms with Gasteiger partial charge in [0.2, 0.25) is 5.78 Å². The number of pyridine rings is 1. The van der Waals surface area contributed by atoms with Crippen molar-refractivity contribution in [3.63, 3.8) is 0 Å². The number of nitrogens with zero attached hydrogens (tertiary/aromatic N) is 3. The Hall–Kier alpha value is -4.23. The first-order valence-corrected chi connectivity index (χ1v) is 11.1. The van der Waals surface area contributed by atoms with Gasteiger partial charge in [-0.25, -0.2) is 28.9 Å². The first-order valence-electron chi connectivity index (χ1n) is 9.63. The van der Waals surface area contributed by atoms with E-state index in [1.807, 2.05) is 9.44 Å². The van der Waals surface area contributed by atoms with Crippen LogP contribution in [-0.2, 0) is 10.2 Å². The van der Waals surface area contributed by atoms with Crippen LogP contribution < -0.4 is 19.8 Å². The summed E-state index contributed by atoms with van der Waals surface area (Å²) in [6.07, 6.45) is 4.04. The lowest BCUT2D eigenvalue weighted by molar-refractivity contribution is 0.103. The van der Waals surface area contributed by atoms with Gasteiger partial charge in [-0.15, -0.1) is 0 Å². The zero-order chi connectivity index (χ0) is 24.5. The van der Waals surface area contributed by atoms with Gasteiger partial charge in [-0.2, -0.15) is 8.42 Å². The number of fused-ring (bicyclic) bond motifs is 1. The predicted molar refractivity (Wildman–Crippen MR) is 119 cm³/mol. The number of halogens is 1. The first kappa shape index (κ1) is 22.9. The Labute approximate surface area is 191 Å². The van der Waals surface area contributed by atoms with Gasteiger partial charge < -0.3 is 9.15 Å². The summed E-state index contributed by atoms with van der Waals surface area (Å²) < 4.78 is 52.9. The van der Waals surface area contributed by atoms with E-state index >= 15 is 0 Å². The van der Waals surface area contributed by atoms with Crippen molar-refractivity contribution in [2.24, 2.45) is 0 Å². The molecule has 3 aromatic heterocycles. The van der Waals surface area contributed by atoms with E-state index in [4.69, 9.17) is 9.15 Å². The number of carbonyl (C=O) groups excluding carboxylic acids is 1. The van der Waals surface area contributed by atoms with E-state index in [-0.39, 0.29) is 17.2 Å². The molecule has 0 aliphatic heterocycles. The molecule has 0 spiro atoms. The van der Waals surface area contributed by atoms with E-state index in [0.29, 0.717) is 11.1 Å². The Kier molecular flexibility index (Phi) is 6.04. The third kappa shape index (κ3) is 4.46. The Bertz CT molecular complexity index is 1570. The van der Waals surface area contributed by atoms with Crippen LogP contribution in [0.1, 0.15) is 21.5 Å². The molecule has 0 aliphatic rings. The second kappa shape index (κ2) is 8.96. The molecule has 0 atom stereocenters. The van der Waals surface area contributed by atoms with Gasteiger partial charge in [0.15, 0.2) is 11.6 Å². The van der Waals surface area contributed by atoms with Crippen molar-refractivity contribution in [1.82, 2.24) is 19.7 Å². The molecule has 0 bridgehead atoms. The molecule has 13 heteroatoms. The summed E-state index contributed by atoms with van der Waals surface area (Å²) in [6.45, 7) is 1.51. The molecular formula is C21H16FN5O6S. The van der Waals surface area contributed by atoms with Crippen molar-refractivity contribution < 1.29 is 26.8 Å². The Morgan fingerprint density at radius 3 is 2.56 bits per heavy atom. The quantitative estimate of drug-likeness (QED) is 0.296. The van der Waals surface area contributed by atoms with Crippen LogP contribution in [0, 0.1) is 12.7 Å². The monoisotopic (exact) mass is 485 g/mol. The molecule has 0 saturated heterocycles. The summed E-state index contributed by atoms with van der Waals surface area (Å²) in [7, 11) is -2.98. The maximum Gasteiger partial charge on any atom is 0.347 e. The van der Waals surface area contributed by atoms with Crippen molar-refractivity contribution in [3.05, 3.63) is 81.9 Å². The number of ketones is 1. The third-order valence-corrected chi connectivity index (χ3v) is 5.75. The summed E-state index contributed by atoms with van der Waals surface area (Å²) >= 11 is 0. The summed E-state index contributed by atoms with van der Waals surface area (Å²) in [4.78, 5) is 37.3. The van der Waals surface area contributed by atoms with Gasteiger partial charge in [-0.05, 0) is 36.8 Å². The average Bonchev–Trinajstić information content (AvgIpc) is 2.80. The molecule has 4 aromatic rings. The highest BCUT2D eigenvalue weighted by atomic mass is 32.2. The van der Waals surface area contributed by atoms with Crippen LogP contribution in [0.4, 0.5) is 10.2 Å². The normalized spacial score (nSPS) is 11.4. The number of ether oxygens (including phenoxy) is 1. The molecule has 0 fully saturated rings. The van der Waals surface area contributed by atoms with Crippen molar-refractivity contribution in [1.29, 1.82) is 0 Å². The SMILES string of the molecule is CNS(=O)(=O)Nc1nccc(C(=O)c2c(C)c3ccc(Oc4ncccn4)cc3oc2=O)c1F. The largest absolute Gasteiger partial charge is 0.424 e. The Morgan fingerprint density at radius 2 is 1.85 bits per heavy atom. The van der Waals surface area contributed by atoms with E-state index in [2.05, 4.69) is 15.0 Å². The average molecular weight is 485 g/mol. The maximum atomic E-state index is 14.9. The lowest BCUT2D eigenvalue weighted by Gasteiger charge is -2.11. The van der Waals surface area contributed by atoms with Crippen LogP contribution in [0.25, 0.3) is 11.0 Å². The van der Waals surface area contributed by atoms with Crippen LogP contribution in [0.2, 0.25) is 0 Å². The summed E-state index contributed by atoms with van der Waals surface area (Å²) in [5, 5.41) is 0.412. The minimum absolute atomic E-state index is 0.0885. The van der Waals surface area contributed by atoms with E-state index in [9.17, 15) is 22.4 Å². The highest BCUT2D eigenvalue weighted by Crippen LogP contribution is 2.28. The second-order valence-electron chi connectivity index (χ2n) is 6.84. The zero-order valence-electron chi connectivity index (χ0n) is 17.7. The van der Waals surface area contributed by atoms with E-state index < -0.39 is 44.4 Å². The van der Waals surface area contributed by atoms with Crippen LogP contribution >= 0.6 is 0 Å². The van der Waals surface area contributed by atoms with E-state index in [1.165, 1.54) is 25.4 Å². The Balaban J connectivity index is 1.74. The summed E-state index contributed by atoms with van der Waals surface area (Å²) in [5.74, 6) is -2.64. The molecular weight excluding hydrogens is 469 g/mol. The molecule has 174 valence electrons. The van der Waals surface area contributed by atoms with Gasteiger partial charge in [-0.1, -0.05) is 0 Å². The van der Waals surface area contributed by atoms with Gasteiger partial charge >= 0.3 is 11.6 Å². The minimum Gasteiger partial charge on any atom is -0.424 e. The fourth-order valence-electron chi connectivity index (χ4n) is 3.11. The molecule has 0 amide bonds. The van der Waals surface area contributed by atoms with Crippen LogP contribution in [0.5, 0.6) is 11.8 Å². The molecule has 0 saturated carbocycles. The Morgan fingerprint density at radius 1 is 1.12 bits per heavy atom. The van der Waals surface area contributed by atoms with Gasteiger partial charge in [0, 0.05) is 37.1 Å². The highest BCUT2D eigenvalue weighted by Gasteiger charge is 2.25. The standard InChI is InChI=1S/C21H16FN5O6S/c1-11-13-5-4-12(32-21-25-7-3-8-26-21)10-15(13)33-20(29)16(11)18(28)14-6-9-24-19(17(14)22)27-34(30,31)23-2/h3-10,23H,1-2H3,(H,24,27). The van der Waals surface area contributed by atoms with E-state index in [1.54, 1.807) is 18.2 Å². The minimum atomic E-state index is -4.09. The van der Waals surface area contributed by atoms with Gasteiger partial charge in [0.05, 0.1) is 5.56 Å². The number of aryl methyl sites for hydroxylation is 1. The highest BCUT2D eigenvalue weighted by molar-refractivity contribution is 7.90. The number of anilines is 1. The lowest BCUT2D eigenvalue weighted by atomic mass is 9.98. The van der Waals surface area contributed by atoms with Gasteiger partial charge in [0.1, 0.15) is 16.9 Å². The zero-order valence-corrected chi connectivity index (χ0v) is 18.5. The molecule has 11 nitrogen and oxygen atoms in total. The molecule has 0 aliphatic carbocycles. The van der Waals surface area contributed by atoms with Gasteiger partial charge in [0.25, 0.3) is 10.2 Å². The van der Waals surface area contributed by atoms with Crippen LogP contribution in [0.15, 0.2) is 58.1 Å². The number of rotatable bonds is 7. The summed E-state index contributed by atoms with van der Waals surface area (Å²) in [5.41, 5.74) is -1.59. The molecule has 2 N–H and O–H groups in total. The number of aromatic nitrogens is 3. The molecule has 3 heterocycles. The molecule has 0 unspecified atom stereocenters. The summed E-state index contributed by atoms with van der Waals surface area (Å²) in [6, 6.07) is 7.32. The molecule has 34 heavy (non-hydrogen) atoms. The number of nitrogens with one attached hydrogen (secondary N) is 2. The van der Waals surface area contributed by atoms with Crippen molar-refractivity contribution in [3.8, 4) is 11.8 Å². The third-order valence-electron chi connectivity index (χ3n) is 4.75. The number of benzene rings is 1. The van der Waals surface area contributed by atoms with Crippen molar-refractivity contribution in [2.45, 2.75) is 6.92 Å². The van der Waals surface area contributed by atoms with Crippen molar-refractivity contribution in [2.75, 3.05) is 11.8 Å². The maximum absolute atomic E-state index is 14.9. The second-order valence-corrected chi connectivity index (χ2v) is 8.46. The molecule has 1 aromatic carbocycles. The van der Waals surface area contributed by atoms with Gasteiger partial charge in [-0.3, -0.25) is 9.52 Å². The number of hydrogen-bond acceptors (Lipinski definition) is 9. The first-order chi connectivity index (χ1) is 16.2. The van der Waals surface area contributed by atoms with Crippen molar-refractivity contribution >= 4 is 32.8 Å². The van der Waals surface area contributed by atoms with Crippen LogP contribution in [-0.4, -0.2) is 36.2 Å². The fourth-order valence-corrected chi connectivity index (χ4v) is 3.61. The molecule has 4 rings (SSSR count). The predicted octanol–water partition coefficient (Wildman–Crippen LogP) is 2.32. The van der Waals surface area contributed by atoms with Crippen LogP contribution in [0.3, 0.4) is 0 Å². The van der Waals surface area contributed by atoms with E-state index in [0.717, 1.165) is 19.3 Å². The smallest absolute Gasteiger partial charge is 0.347 e.